The zero-order valence-electron chi connectivity index (χ0n) is 8.40. The van der Waals surface area contributed by atoms with Crippen molar-refractivity contribution in [3.8, 4) is 11.4 Å². The Kier molecular flexibility index (Phi) is 2.50. The molecule has 82 valence electrons. The SMILES string of the molecule is COc1cc([N+](=O)[O-])ccc1-n1cncn1. The Balaban J connectivity index is 2.51. The van der Waals surface area contributed by atoms with Crippen LogP contribution in [0, 0.1) is 10.1 Å². The maximum Gasteiger partial charge on any atom is 0.273 e. The Hall–Kier alpha value is -2.44. The average Bonchev–Trinajstić information content (AvgIpc) is 2.81. The van der Waals surface area contributed by atoms with E-state index in [4.69, 9.17) is 4.74 Å². The van der Waals surface area contributed by atoms with E-state index in [1.807, 2.05) is 0 Å². The Bertz CT molecular complexity index is 509. The van der Waals surface area contributed by atoms with Gasteiger partial charge in [-0.25, -0.2) is 9.67 Å². The van der Waals surface area contributed by atoms with Crippen LogP contribution in [0.1, 0.15) is 0 Å². The third-order valence-electron chi connectivity index (χ3n) is 2.04. The van der Waals surface area contributed by atoms with Crippen LogP contribution in [0.4, 0.5) is 5.69 Å². The fourth-order valence-corrected chi connectivity index (χ4v) is 1.30. The van der Waals surface area contributed by atoms with E-state index in [1.54, 1.807) is 6.07 Å². The highest BCUT2D eigenvalue weighted by Crippen LogP contribution is 2.26. The number of hydrogen-bond acceptors (Lipinski definition) is 5. The van der Waals surface area contributed by atoms with Crippen molar-refractivity contribution in [2.45, 2.75) is 0 Å². The number of benzene rings is 1. The van der Waals surface area contributed by atoms with Crippen molar-refractivity contribution in [3.05, 3.63) is 41.0 Å². The predicted molar refractivity (Wildman–Crippen MR) is 54.6 cm³/mol. The fraction of sp³-hybridized carbons (Fsp3) is 0.111. The lowest BCUT2D eigenvalue weighted by atomic mass is 10.2. The van der Waals surface area contributed by atoms with Gasteiger partial charge in [-0.15, -0.1) is 0 Å². The maximum absolute atomic E-state index is 10.6. The van der Waals surface area contributed by atoms with E-state index < -0.39 is 4.92 Å². The number of methoxy groups -OCH3 is 1. The molecule has 0 amide bonds. The lowest BCUT2D eigenvalue weighted by molar-refractivity contribution is -0.384. The summed E-state index contributed by atoms with van der Waals surface area (Å²) in [6, 6.07) is 4.29. The van der Waals surface area contributed by atoms with Crippen LogP contribution in [-0.4, -0.2) is 26.8 Å². The fourth-order valence-electron chi connectivity index (χ4n) is 1.30. The maximum atomic E-state index is 10.6. The van der Waals surface area contributed by atoms with Crippen molar-refractivity contribution in [2.24, 2.45) is 0 Å². The third kappa shape index (κ3) is 1.70. The molecule has 0 aliphatic carbocycles. The van der Waals surface area contributed by atoms with Gasteiger partial charge in [0.15, 0.2) is 5.75 Å². The van der Waals surface area contributed by atoms with Gasteiger partial charge in [0.25, 0.3) is 5.69 Å². The molecule has 0 atom stereocenters. The molecule has 2 aromatic rings. The van der Waals surface area contributed by atoms with Crippen molar-refractivity contribution in [2.75, 3.05) is 7.11 Å². The second-order valence-electron chi connectivity index (χ2n) is 2.95. The second kappa shape index (κ2) is 3.97. The minimum Gasteiger partial charge on any atom is -0.494 e. The van der Waals surface area contributed by atoms with Crippen LogP contribution in [-0.2, 0) is 0 Å². The minimum absolute atomic E-state index is 0.0271. The molecule has 0 bridgehead atoms. The van der Waals surface area contributed by atoms with Crippen LogP contribution in [0.3, 0.4) is 0 Å². The van der Waals surface area contributed by atoms with Crippen LogP contribution < -0.4 is 4.74 Å². The molecule has 1 heterocycles. The van der Waals surface area contributed by atoms with Crippen LogP contribution in [0.25, 0.3) is 5.69 Å². The predicted octanol–water partition coefficient (Wildman–Crippen LogP) is 1.18. The van der Waals surface area contributed by atoms with Crippen molar-refractivity contribution < 1.29 is 9.66 Å². The molecule has 7 heteroatoms. The summed E-state index contributed by atoms with van der Waals surface area (Å²) >= 11 is 0. The lowest BCUT2D eigenvalue weighted by Crippen LogP contribution is -1.99. The molecule has 16 heavy (non-hydrogen) atoms. The molecule has 2 rings (SSSR count). The molecule has 0 aliphatic rings. The Morgan fingerprint density at radius 1 is 1.50 bits per heavy atom. The van der Waals surface area contributed by atoms with Crippen molar-refractivity contribution >= 4 is 5.69 Å². The summed E-state index contributed by atoms with van der Waals surface area (Å²) in [4.78, 5) is 13.9. The van der Waals surface area contributed by atoms with E-state index in [-0.39, 0.29) is 5.69 Å². The van der Waals surface area contributed by atoms with E-state index in [2.05, 4.69) is 10.1 Å². The minimum atomic E-state index is -0.479. The molecular formula is C9H8N4O3. The van der Waals surface area contributed by atoms with Gasteiger partial charge in [-0.2, -0.15) is 5.10 Å². The van der Waals surface area contributed by atoms with Crippen LogP contribution in [0.2, 0.25) is 0 Å². The van der Waals surface area contributed by atoms with E-state index in [0.717, 1.165) is 0 Å². The zero-order valence-corrected chi connectivity index (χ0v) is 8.40. The summed E-state index contributed by atoms with van der Waals surface area (Å²) in [6.45, 7) is 0. The molecule has 1 aromatic carbocycles. The van der Waals surface area contributed by atoms with Crippen molar-refractivity contribution in [1.82, 2.24) is 14.8 Å². The molecule has 0 spiro atoms. The van der Waals surface area contributed by atoms with Gasteiger partial charge in [0.2, 0.25) is 0 Å². The number of nitro benzene ring substituents is 1. The molecule has 0 fully saturated rings. The van der Waals surface area contributed by atoms with Crippen molar-refractivity contribution in [3.63, 3.8) is 0 Å². The number of rotatable bonds is 3. The van der Waals surface area contributed by atoms with Gasteiger partial charge in [0.1, 0.15) is 18.3 Å². The molecule has 0 saturated heterocycles. The molecule has 0 saturated carbocycles. The Labute approximate surface area is 90.4 Å². The highest BCUT2D eigenvalue weighted by atomic mass is 16.6. The van der Waals surface area contributed by atoms with Gasteiger partial charge < -0.3 is 4.74 Å². The normalized spacial score (nSPS) is 10.1. The first kappa shape index (κ1) is 10.1. The second-order valence-corrected chi connectivity index (χ2v) is 2.95. The standard InChI is InChI=1S/C9H8N4O3/c1-16-9-4-7(13(14)15)2-3-8(9)12-6-10-5-11-12/h2-6H,1H3. The molecule has 0 unspecified atom stereocenters. The highest BCUT2D eigenvalue weighted by Gasteiger charge is 2.12. The summed E-state index contributed by atoms with van der Waals surface area (Å²) in [7, 11) is 1.44. The molecule has 7 nitrogen and oxygen atoms in total. The number of non-ortho nitro benzene ring substituents is 1. The quantitative estimate of drug-likeness (QED) is 0.573. The first-order valence-corrected chi connectivity index (χ1v) is 4.40. The van der Waals surface area contributed by atoms with E-state index in [1.165, 1.54) is 36.6 Å². The largest absolute Gasteiger partial charge is 0.494 e. The summed E-state index contributed by atoms with van der Waals surface area (Å²) < 4.78 is 6.54. The smallest absolute Gasteiger partial charge is 0.273 e. The number of hydrogen-bond donors (Lipinski definition) is 0. The van der Waals surface area contributed by atoms with Gasteiger partial charge in [0, 0.05) is 6.07 Å². The van der Waals surface area contributed by atoms with E-state index in [9.17, 15) is 10.1 Å². The van der Waals surface area contributed by atoms with Gasteiger partial charge in [0.05, 0.1) is 18.1 Å². The van der Waals surface area contributed by atoms with Crippen molar-refractivity contribution in [1.29, 1.82) is 0 Å². The lowest BCUT2D eigenvalue weighted by Gasteiger charge is -2.06. The monoisotopic (exact) mass is 220 g/mol. The van der Waals surface area contributed by atoms with Gasteiger partial charge in [-0.05, 0) is 6.07 Å². The summed E-state index contributed by atoms with van der Waals surface area (Å²) in [5, 5.41) is 14.5. The number of aromatic nitrogens is 3. The third-order valence-corrected chi connectivity index (χ3v) is 2.04. The molecule has 0 aliphatic heterocycles. The molecular weight excluding hydrogens is 212 g/mol. The number of nitrogens with zero attached hydrogens (tertiary/aromatic N) is 4. The summed E-state index contributed by atoms with van der Waals surface area (Å²) in [5.74, 6) is 0.375. The zero-order chi connectivity index (χ0) is 11.5. The Morgan fingerprint density at radius 2 is 2.31 bits per heavy atom. The van der Waals surface area contributed by atoms with E-state index in [0.29, 0.717) is 11.4 Å². The van der Waals surface area contributed by atoms with Crippen LogP contribution in [0.5, 0.6) is 5.75 Å². The first-order valence-electron chi connectivity index (χ1n) is 4.40. The summed E-state index contributed by atoms with van der Waals surface area (Å²) in [5.41, 5.74) is 0.575. The highest BCUT2D eigenvalue weighted by molar-refractivity contribution is 5.52. The number of nitro groups is 1. The van der Waals surface area contributed by atoms with Crippen LogP contribution >= 0.6 is 0 Å². The van der Waals surface area contributed by atoms with E-state index >= 15 is 0 Å². The number of ether oxygens (including phenoxy) is 1. The summed E-state index contributed by atoms with van der Waals surface area (Å²) in [6.07, 6.45) is 2.87. The molecule has 1 aromatic heterocycles. The first-order chi connectivity index (χ1) is 7.72. The topological polar surface area (TPSA) is 83.1 Å². The molecule has 0 N–H and O–H groups in total. The molecule has 0 radical (unpaired) electrons. The average molecular weight is 220 g/mol. The van der Waals surface area contributed by atoms with Gasteiger partial charge >= 0.3 is 0 Å². The Morgan fingerprint density at radius 3 is 2.88 bits per heavy atom. The van der Waals surface area contributed by atoms with Gasteiger partial charge in [-0.3, -0.25) is 10.1 Å². The van der Waals surface area contributed by atoms with Gasteiger partial charge in [-0.1, -0.05) is 0 Å². The van der Waals surface area contributed by atoms with Crippen LogP contribution in [0.15, 0.2) is 30.9 Å².